The number of halogens is 2. The third-order valence-electron chi connectivity index (χ3n) is 1.41. The maximum atomic E-state index is 12.4. The summed E-state index contributed by atoms with van der Waals surface area (Å²) < 4.78 is 29.5. The quantitative estimate of drug-likeness (QED) is 0.550. The molecule has 0 bridgehead atoms. The van der Waals surface area contributed by atoms with Gasteiger partial charge in [-0.05, 0) is 6.42 Å². The average molecular weight is 152 g/mol. The highest BCUT2D eigenvalue weighted by Gasteiger charge is 2.24. The van der Waals surface area contributed by atoms with Crippen LogP contribution in [0.2, 0.25) is 0 Å². The number of methoxy groups -OCH3 is 1. The van der Waals surface area contributed by atoms with E-state index in [1.807, 2.05) is 0 Å². The lowest BCUT2D eigenvalue weighted by Gasteiger charge is -2.12. The summed E-state index contributed by atoms with van der Waals surface area (Å²) in [5.41, 5.74) is 0. The Hall–Kier alpha value is -0.180. The zero-order chi connectivity index (χ0) is 8.04. The molecule has 0 saturated heterocycles. The van der Waals surface area contributed by atoms with Crippen LogP contribution < -0.4 is 0 Å². The van der Waals surface area contributed by atoms with Crippen LogP contribution in [0.4, 0.5) is 8.78 Å². The predicted octanol–water partition coefficient (Wildman–Crippen LogP) is 2.46. The second kappa shape index (κ2) is 4.61. The average Bonchev–Trinajstić information content (AvgIpc) is 1.89. The molecule has 0 aliphatic heterocycles. The molecule has 0 heterocycles. The lowest BCUT2D eigenvalue weighted by Crippen LogP contribution is -2.14. The van der Waals surface area contributed by atoms with E-state index in [0.29, 0.717) is 13.0 Å². The van der Waals surface area contributed by atoms with E-state index in [4.69, 9.17) is 0 Å². The van der Waals surface area contributed by atoms with Gasteiger partial charge in [-0.25, -0.2) is 8.78 Å². The lowest BCUT2D eigenvalue weighted by molar-refractivity contribution is -0.0182. The second-order valence-electron chi connectivity index (χ2n) is 2.31. The third-order valence-corrected chi connectivity index (χ3v) is 1.41. The molecule has 0 aromatic rings. The van der Waals surface area contributed by atoms with Crippen LogP contribution in [0.3, 0.4) is 0 Å². The van der Waals surface area contributed by atoms with Crippen LogP contribution in [0.1, 0.15) is 26.2 Å². The zero-order valence-electron chi connectivity index (χ0n) is 6.49. The summed E-state index contributed by atoms with van der Waals surface area (Å²) >= 11 is 0. The summed E-state index contributed by atoms with van der Waals surface area (Å²) in [7, 11) is 1.52. The molecule has 10 heavy (non-hydrogen) atoms. The van der Waals surface area contributed by atoms with Crippen LogP contribution in [0.5, 0.6) is 0 Å². The van der Waals surface area contributed by atoms with E-state index >= 15 is 0 Å². The largest absolute Gasteiger partial charge is 0.385 e. The van der Waals surface area contributed by atoms with Crippen molar-refractivity contribution < 1.29 is 13.5 Å². The molecule has 0 aliphatic carbocycles. The van der Waals surface area contributed by atoms with E-state index in [1.54, 1.807) is 0 Å². The van der Waals surface area contributed by atoms with E-state index in [2.05, 4.69) is 4.74 Å². The first-order valence-corrected chi connectivity index (χ1v) is 3.49. The van der Waals surface area contributed by atoms with Crippen molar-refractivity contribution in [3.05, 3.63) is 0 Å². The molecule has 0 saturated carbocycles. The van der Waals surface area contributed by atoms with E-state index in [1.165, 1.54) is 14.0 Å². The minimum atomic E-state index is -2.49. The van der Waals surface area contributed by atoms with Gasteiger partial charge >= 0.3 is 0 Å². The molecule has 0 fully saturated rings. The van der Waals surface area contributed by atoms with Crippen molar-refractivity contribution in [3.63, 3.8) is 0 Å². The molecule has 0 aromatic carbocycles. The first-order chi connectivity index (χ1) is 4.62. The number of ether oxygens (including phenoxy) is 1. The Balaban J connectivity index is 3.28. The van der Waals surface area contributed by atoms with Crippen molar-refractivity contribution in [2.45, 2.75) is 32.1 Å². The minimum absolute atomic E-state index is 0.0582. The van der Waals surface area contributed by atoms with Gasteiger partial charge in [-0.15, -0.1) is 0 Å². The van der Waals surface area contributed by atoms with Crippen molar-refractivity contribution in [2.75, 3.05) is 13.7 Å². The lowest BCUT2D eigenvalue weighted by atomic mass is 10.1. The Morgan fingerprint density at radius 1 is 1.40 bits per heavy atom. The maximum absolute atomic E-state index is 12.4. The number of hydrogen-bond donors (Lipinski definition) is 0. The molecular weight excluding hydrogens is 138 g/mol. The standard InChI is InChI=1S/C7H14F2O/c1-3-7(8,9)5-4-6-10-2/h3-6H2,1-2H3. The number of rotatable bonds is 5. The van der Waals surface area contributed by atoms with Crippen molar-refractivity contribution in [1.82, 2.24) is 0 Å². The Labute approximate surface area is 60.4 Å². The SMILES string of the molecule is CCC(F)(F)CCCOC. The molecule has 0 amide bonds. The van der Waals surface area contributed by atoms with Crippen LogP contribution in [-0.4, -0.2) is 19.6 Å². The van der Waals surface area contributed by atoms with Crippen LogP contribution in [-0.2, 0) is 4.74 Å². The fraction of sp³-hybridized carbons (Fsp3) is 1.00. The summed E-state index contributed by atoms with van der Waals surface area (Å²) in [5, 5.41) is 0. The van der Waals surface area contributed by atoms with Crippen LogP contribution in [0.25, 0.3) is 0 Å². The van der Waals surface area contributed by atoms with Gasteiger partial charge in [0, 0.05) is 26.6 Å². The fourth-order valence-electron chi connectivity index (χ4n) is 0.652. The van der Waals surface area contributed by atoms with Gasteiger partial charge in [0.1, 0.15) is 0 Å². The summed E-state index contributed by atoms with van der Waals surface area (Å²) in [4.78, 5) is 0. The molecule has 0 radical (unpaired) electrons. The minimum Gasteiger partial charge on any atom is -0.385 e. The first kappa shape index (κ1) is 9.82. The van der Waals surface area contributed by atoms with Gasteiger partial charge in [0.05, 0.1) is 0 Å². The Morgan fingerprint density at radius 3 is 2.40 bits per heavy atom. The second-order valence-corrected chi connectivity index (χ2v) is 2.31. The zero-order valence-corrected chi connectivity index (χ0v) is 6.49. The third kappa shape index (κ3) is 4.68. The summed E-state index contributed by atoms with van der Waals surface area (Å²) in [6, 6.07) is 0. The van der Waals surface area contributed by atoms with E-state index in [0.717, 1.165) is 0 Å². The van der Waals surface area contributed by atoms with Crippen molar-refractivity contribution >= 4 is 0 Å². The topological polar surface area (TPSA) is 9.23 Å². The van der Waals surface area contributed by atoms with Gasteiger partial charge in [0.15, 0.2) is 0 Å². The number of hydrogen-bond acceptors (Lipinski definition) is 1. The normalized spacial score (nSPS) is 12.0. The molecule has 0 N–H and O–H groups in total. The van der Waals surface area contributed by atoms with Gasteiger partial charge in [0.2, 0.25) is 5.92 Å². The fourth-order valence-corrected chi connectivity index (χ4v) is 0.652. The van der Waals surface area contributed by atoms with Gasteiger partial charge in [-0.1, -0.05) is 6.92 Å². The highest BCUT2D eigenvalue weighted by Crippen LogP contribution is 2.23. The molecule has 3 heteroatoms. The molecular formula is C7H14F2O. The molecule has 0 spiro atoms. The summed E-state index contributed by atoms with van der Waals surface area (Å²) in [6.07, 6.45) is 0.311. The molecule has 0 unspecified atom stereocenters. The van der Waals surface area contributed by atoms with Gasteiger partial charge in [-0.2, -0.15) is 0 Å². The summed E-state index contributed by atoms with van der Waals surface area (Å²) in [5.74, 6) is -2.49. The molecule has 1 nitrogen and oxygen atoms in total. The number of alkyl halides is 2. The van der Waals surface area contributed by atoms with Crippen LogP contribution in [0, 0.1) is 0 Å². The van der Waals surface area contributed by atoms with Crippen molar-refractivity contribution in [3.8, 4) is 0 Å². The maximum Gasteiger partial charge on any atom is 0.248 e. The van der Waals surface area contributed by atoms with Gasteiger partial charge < -0.3 is 4.74 Å². The summed E-state index contributed by atoms with van der Waals surface area (Å²) in [6.45, 7) is 1.92. The van der Waals surface area contributed by atoms with E-state index < -0.39 is 5.92 Å². The van der Waals surface area contributed by atoms with Crippen molar-refractivity contribution in [1.29, 1.82) is 0 Å². The molecule has 0 aromatic heterocycles. The highest BCUT2D eigenvalue weighted by atomic mass is 19.3. The van der Waals surface area contributed by atoms with Gasteiger partial charge in [-0.3, -0.25) is 0 Å². The molecule has 62 valence electrons. The molecule has 0 atom stereocenters. The molecule has 0 rings (SSSR count). The van der Waals surface area contributed by atoms with Crippen LogP contribution >= 0.6 is 0 Å². The van der Waals surface area contributed by atoms with Crippen LogP contribution in [0.15, 0.2) is 0 Å². The Morgan fingerprint density at radius 2 is 2.00 bits per heavy atom. The highest BCUT2D eigenvalue weighted by molar-refractivity contribution is 4.62. The van der Waals surface area contributed by atoms with Crippen molar-refractivity contribution in [2.24, 2.45) is 0 Å². The Kier molecular flexibility index (Phi) is 4.52. The first-order valence-electron chi connectivity index (χ1n) is 3.49. The Bertz CT molecular complexity index is 83.7. The predicted molar refractivity (Wildman–Crippen MR) is 36.3 cm³/mol. The van der Waals surface area contributed by atoms with E-state index in [-0.39, 0.29) is 12.8 Å². The monoisotopic (exact) mass is 152 g/mol. The van der Waals surface area contributed by atoms with Gasteiger partial charge in [0.25, 0.3) is 0 Å². The molecule has 0 aliphatic rings. The smallest absolute Gasteiger partial charge is 0.248 e. The van der Waals surface area contributed by atoms with E-state index in [9.17, 15) is 8.78 Å².